The van der Waals surface area contributed by atoms with E-state index in [1.807, 2.05) is 0 Å². The Morgan fingerprint density at radius 1 is 1.57 bits per heavy atom. The molecule has 1 fully saturated rings. The van der Waals surface area contributed by atoms with Crippen molar-refractivity contribution in [2.24, 2.45) is 5.41 Å². The van der Waals surface area contributed by atoms with Gasteiger partial charge in [-0.3, -0.25) is 14.9 Å². The summed E-state index contributed by atoms with van der Waals surface area (Å²) in [6, 6.07) is 4.16. The van der Waals surface area contributed by atoms with Gasteiger partial charge in [0.1, 0.15) is 11.4 Å². The maximum Gasteiger partial charge on any atom is 0.311 e. The number of nitro groups is 1. The highest BCUT2D eigenvalue weighted by atomic mass is 16.6. The van der Waals surface area contributed by atoms with Gasteiger partial charge in [-0.25, -0.2) is 0 Å². The zero-order valence-corrected chi connectivity index (χ0v) is 12.0. The van der Waals surface area contributed by atoms with Crippen molar-refractivity contribution in [3.05, 3.63) is 28.3 Å². The average Bonchev–Trinajstić information content (AvgIpc) is 2.82. The SMILES string of the molecule is COc1ccc(NC2CCCC2(C)C(=O)O)c([N+](=O)[O-])c1. The summed E-state index contributed by atoms with van der Waals surface area (Å²) in [6.07, 6.45) is 2.01. The van der Waals surface area contributed by atoms with Crippen molar-refractivity contribution >= 4 is 17.3 Å². The number of methoxy groups -OCH3 is 1. The molecule has 2 atom stereocenters. The molecule has 114 valence electrons. The van der Waals surface area contributed by atoms with Crippen molar-refractivity contribution in [2.75, 3.05) is 12.4 Å². The lowest BCUT2D eigenvalue weighted by Crippen LogP contribution is -2.40. The molecule has 0 radical (unpaired) electrons. The summed E-state index contributed by atoms with van der Waals surface area (Å²) in [5.74, 6) is -0.492. The molecule has 0 aromatic heterocycles. The van der Waals surface area contributed by atoms with Crippen LogP contribution in [0.15, 0.2) is 18.2 Å². The quantitative estimate of drug-likeness (QED) is 0.639. The molecular formula is C14H18N2O5. The maximum absolute atomic E-state index is 11.4. The summed E-state index contributed by atoms with van der Waals surface area (Å²) in [7, 11) is 1.44. The lowest BCUT2D eigenvalue weighted by molar-refractivity contribution is -0.384. The average molecular weight is 294 g/mol. The molecule has 7 nitrogen and oxygen atoms in total. The van der Waals surface area contributed by atoms with Crippen LogP contribution in [0, 0.1) is 15.5 Å². The van der Waals surface area contributed by atoms with Crippen LogP contribution in [0.2, 0.25) is 0 Å². The van der Waals surface area contributed by atoms with E-state index >= 15 is 0 Å². The minimum absolute atomic E-state index is 0.117. The van der Waals surface area contributed by atoms with Crippen LogP contribution in [-0.2, 0) is 4.79 Å². The van der Waals surface area contributed by atoms with Crippen molar-refractivity contribution in [3.63, 3.8) is 0 Å². The molecule has 0 bridgehead atoms. The summed E-state index contributed by atoms with van der Waals surface area (Å²) < 4.78 is 4.98. The van der Waals surface area contributed by atoms with Crippen molar-refractivity contribution < 1.29 is 19.6 Å². The van der Waals surface area contributed by atoms with Crippen LogP contribution in [-0.4, -0.2) is 29.2 Å². The minimum Gasteiger partial charge on any atom is -0.496 e. The second kappa shape index (κ2) is 5.59. The number of anilines is 1. The monoisotopic (exact) mass is 294 g/mol. The second-order valence-corrected chi connectivity index (χ2v) is 5.45. The first-order valence-electron chi connectivity index (χ1n) is 6.71. The van der Waals surface area contributed by atoms with E-state index in [1.165, 1.54) is 13.2 Å². The summed E-state index contributed by atoms with van der Waals surface area (Å²) in [5.41, 5.74) is -0.706. The normalized spacial score (nSPS) is 24.6. The number of ether oxygens (including phenoxy) is 1. The number of rotatable bonds is 5. The van der Waals surface area contributed by atoms with E-state index in [4.69, 9.17) is 4.74 Å². The molecule has 1 aromatic rings. The first kappa shape index (κ1) is 15.1. The van der Waals surface area contributed by atoms with Crippen LogP contribution in [0.1, 0.15) is 26.2 Å². The molecule has 2 unspecified atom stereocenters. The van der Waals surface area contributed by atoms with Crippen molar-refractivity contribution in [2.45, 2.75) is 32.2 Å². The number of aliphatic carboxylic acids is 1. The zero-order valence-electron chi connectivity index (χ0n) is 12.0. The lowest BCUT2D eigenvalue weighted by Gasteiger charge is -2.28. The third-order valence-electron chi connectivity index (χ3n) is 4.18. The summed E-state index contributed by atoms with van der Waals surface area (Å²) >= 11 is 0. The number of hydrogen-bond donors (Lipinski definition) is 2. The highest BCUT2D eigenvalue weighted by molar-refractivity contribution is 5.77. The van der Waals surface area contributed by atoms with Crippen molar-refractivity contribution in [1.29, 1.82) is 0 Å². The van der Waals surface area contributed by atoms with E-state index in [-0.39, 0.29) is 11.7 Å². The Morgan fingerprint density at radius 3 is 2.86 bits per heavy atom. The number of benzene rings is 1. The smallest absolute Gasteiger partial charge is 0.311 e. The third-order valence-corrected chi connectivity index (χ3v) is 4.18. The third kappa shape index (κ3) is 2.76. The van der Waals surface area contributed by atoms with Gasteiger partial charge in [-0.05, 0) is 31.9 Å². The van der Waals surface area contributed by atoms with Gasteiger partial charge in [-0.2, -0.15) is 0 Å². The number of carboxylic acids is 1. The topological polar surface area (TPSA) is 102 Å². The summed E-state index contributed by atoms with van der Waals surface area (Å²) in [4.78, 5) is 22.1. The van der Waals surface area contributed by atoms with Crippen LogP contribution < -0.4 is 10.1 Å². The minimum atomic E-state index is -0.909. The molecule has 1 aromatic carbocycles. The van der Waals surface area contributed by atoms with E-state index in [1.54, 1.807) is 19.1 Å². The van der Waals surface area contributed by atoms with Gasteiger partial charge in [-0.1, -0.05) is 6.42 Å². The number of nitrogens with one attached hydrogen (secondary N) is 1. The predicted octanol–water partition coefficient (Wildman–Crippen LogP) is 2.66. The molecule has 0 aliphatic heterocycles. The molecule has 0 heterocycles. The molecular weight excluding hydrogens is 276 g/mol. The molecule has 2 rings (SSSR count). The molecule has 0 amide bonds. The Balaban J connectivity index is 2.31. The number of nitro benzene ring substituents is 1. The van der Waals surface area contributed by atoms with E-state index in [9.17, 15) is 20.0 Å². The Labute approximate surface area is 122 Å². The van der Waals surface area contributed by atoms with E-state index in [0.717, 1.165) is 6.42 Å². The highest BCUT2D eigenvalue weighted by Crippen LogP contribution is 2.41. The Bertz CT molecular complexity index is 574. The Hall–Kier alpha value is -2.31. The maximum atomic E-state index is 11.4. The molecule has 1 aliphatic carbocycles. The predicted molar refractivity (Wildman–Crippen MR) is 76.7 cm³/mol. The van der Waals surface area contributed by atoms with Crippen LogP contribution in [0.5, 0.6) is 5.75 Å². The van der Waals surface area contributed by atoms with Gasteiger partial charge in [0.05, 0.1) is 23.5 Å². The Kier molecular flexibility index (Phi) is 4.02. The standard InChI is InChI=1S/C14H18N2O5/c1-14(13(17)18)7-3-4-12(14)15-10-6-5-9(21-2)8-11(10)16(19)20/h5-6,8,12,15H,3-4,7H2,1-2H3,(H,17,18). The van der Waals surface area contributed by atoms with Crippen molar-refractivity contribution in [1.82, 2.24) is 0 Å². The van der Waals surface area contributed by atoms with Gasteiger partial charge < -0.3 is 15.2 Å². The molecule has 1 aliphatic rings. The van der Waals surface area contributed by atoms with E-state index < -0.39 is 16.3 Å². The van der Waals surface area contributed by atoms with Gasteiger partial charge in [-0.15, -0.1) is 0 Å². The van der Waals surface area contributed by atoms with Gasteiger partial charge >= 0.3 is 5.97 Å². The highest BCUT2D eigenvalue weighted by Gasteiger charge is 2.45. The number of carboxylic acid groups (broad SMARTS) is 1. The van der Waals surface area contributed by atoms with Crippen LogP contribution in [0.25, 0.3) is 0 Å². The lowest BCUT2D eigenvalue weighted by atomic mass is 9.85. The van der Waals surface area contributed by atoms with Crippen LogP contribution in [0.4, 0.5) is 11.4 Å². The van der Waals surface area contributed by atoms with Crippen LogP contribution >= 0.6 is 0 Å². The van der Waals surface area contributed by atoms with E-state index in [2.05, 4.69) is 5.32 Å². The van der Waals surface area contributed by atoms with Gasteiger partial charge in [0.25, 0.3) is 5.69 Å². The number of carbonyl (C=O) groups is 1. The fourth-order valence-corrected chi connectivity index (χ4v) is 2.75. The molecule has 7 heteroatoms. The first-order chi connectivity index (χ1) is 9.88. The first-order valence-corrected chi connectivity index (χ1v) is 6.71. The fourth-order valence-electron chi connectivity index (χ4n) is 2.75. The molecule has 1 saturated carbocycles. The summed E-state index contributed by atoms with van der Waals surface area (Å²) in [6.45, 7) is 1.68. The van der Waals surface area contributed by atoms with Gasteiger partial charge in [0.15, 0.2) is 0 Å². The second-order valence-electron chi connectivity index (χ2n) is 5.45. The van der Waals surface area contributed by atoms with Gasteiger partial charge in [0.2, 0.25) is 0 Å². The molecule has 21 heavy (non-hydrogen) atoms. The van der Waals surface area contributed by atoms with Gasteiger partial charge in [0, 0.05) is 6.04 Å². The molecule has 0 spiro atoms. The summed E-state index contributed by atoms with van der Waals surface area (Å²) in [5, 5.41) is 23.6. The molecule has 0 saturated heterocycles. The number of nitrogens with zero attached hydrogens (tertiary/aromatic N) is 1. The zero-order chi connectivity index (χ0) is 15.6. The number of hydrogen-bond acceptors (Lipinski definition) is 5. The van der Waals surface area contributed by atoms with E-state index in [0.29, 0.717) is 24.3 Å². The van der Waals surface area contributed by atoms with Crippen LogP contribution in [0.3, 0.4) is 0 Å². The largest absolute Gasteiger partial charge is 0.496 e. The molecule has 2 N–H and O–H groups in total. The Morgan fingerprint density at radius 2 is 2.29 bits per heavy atom. The fraction of sp³-hybridized carbons (Fsp3) is 0.500. The van der Waals surface area contributed by atoms with Crippen molar-refractivity contribution in [3.8, 4) is 5.75 Å².